The summed E-state index contributed by atoms with van der Waals surface area (Å²) in [4.78, 5) is 16.3. The van der Waals surface area contributed by atoms with Crippen LogP contribution in [0.4, 0.5) is 24.5 Å². The number of hydrogen-bond acceptors (Lipinski definition) is 5. The summed E-state index contributed by atoms with van der Waals surface area (Å²) < 4.78 is 42.6. The topological polar surface area (TPSA) is 67.8 Å². The number of hydrogen-bond donors (Lipinski definition) is 3. The van der Waals surface area contributed by atoms with Crippen molar-refractivity contribution in [3.63, 3.8) is 0 Å². The van der Waals surface area contributed by atoms with Crippen molar-refractivity contribution < 1.29 is 23.1 Å². The molecule has 1 amide bonds. The van der Waals surface area contributed by atoms with Gasteiger partial charge in [-0.1, -0.05) is 19.9 Å². The Morgan fingerprint density at radius 1 is 1.12 bits per heavy atom. The predicted molar refractivity (Wildman–Crippen MR) is 124 cm³/mol. The SMILES string of the molecule is CC.Cc1ccc(Nc2c(C(=O)N3CC(O)(CNCCN(C)C)C3)ccc(F)c2F)c(F)c1. The molecule has 9 heteroatoms. The van der Waals surface area contributed by atoms with E-state index in [1.54, 1.807) is 13.0 Å². The zero-order valence-electron chi connectivity index (χ0n) is 19.8. The number of halogens is 3. The van der Waals surface area contributed by atoms with Crippen LogP contribution < -0.4 is 10.6 Å². The van der Waals surface area contributed by atoms with Gasteiger partial charge in [0.2, 0.25) is 0 Å². The van der Waals surface area contributed by atoms with Crippen molar-refractivity contribution in [1.29, 1.82) is 0 Å². The van der Waals surface area contributed by atoms with Crippen LogP contribution >= 0.6 is 0 Å². The van der Waals surface area contributed by atoms with Gasteiger partial charge in [-0.3, -0.25) is 4.79 Å². The molecule has 0 radical (unpaired) electrons. The number of β-amino-alcohol motifs (C(OH)–C–C–N with tert-alkyl or cyclic N) is 1. The number of benzene rings is 2. The quantitative estimate of drug-likeness (QED) is 0.520. The monoisotopic (exact) mass is 466 g/mol. The molecule has 2 aromatic rings. The summed E-state index contributed by atoms with van der Waals surface area (Å²) in [6, 6.07) is 6.27. The van der Waals surface area contributed by atoms with Crippen LogP contribution in [0.15, 0.2) is 30.3 Å². The molecule has 33 heavy (non-hydrogen) atoms. The Kier molecular flexibility index (Phi) is 9.27. The third-order valence-electron chi connectivity index (χ3n) is 5.16. The van der Waals surface area contributed by atoms with E-state index in [2.05, 4.69) is 10.6 Å². The summed E-state index contributed by atoms with van der Waals surface area (Å²) in [6.45, 7) is 7.60. The number of carbonyl (C=O) groups excluding carboxylic acids is 1. The lowest BCUT2D eigenvalue weighted by Crippen LogP contribution is -2.67. The van der Waals surface area contributed by atoms with Gasteiger partial charge >= 0.3 is 0 Å². The molecule has 0 saturated carbocycles. The third kappa shape index (κ3) is 6.69. The molecular formula is C24H33F3N4O2. The van der Waals surface area contributed by atoms with Gasteiger partial charge in [-0.25, -0.2) is 13.2 Å². The highest BCUT2D eigenvalue weighted by atomic mass is 19.2. The van der Waals surface area contributed by atoms with E-state index < -0.39 is 34.6 Å². The molecule has 1 aliphatic rings. The summed E-state index contributed by atoms with van der Waals surface area (Å²) in [5.41, 5.74) is -1.07. The Morgan fingerprint density at radius 2 is 1.79 bits per heavy atom. The summed E-state index contributed by atoms with van der Waals surface area (Å²) in [6.07, 6.45) is 0. The average Bonchev–Trinajstić information content (AvgIpc) is 2.75. The number of likely N-dealkylation sites (tertiary alicyclic amines) is 1. The lowest BCUT2D eigenvalue weighted by atomic mass is 9.92. The van der Waals surface area contributed by atoms with Gasteiger partial charge in [0, 0.05) is 19.6 Å². The highest BCUT2D eigenvalue weighted by Crippen LogP contribution is 2.31. The van der Waals surface area contributed by atoms with Crippen LogP contribution in [0.3, 0.4) is 0 Å². The van der Waals surface area contributed by atoms with Crippen molar-refractivity contribution in [2.75, 3.05) is 52.1 Å². The zero-order valence-corrected chi connectivity index (χ0v) is 19.8. The van der Waals surface area contributed by atoms with Gasteiger partial charge < -0.3 is 25.5 Å². The minimum absolute atomic E-state index is 0.0537. The van der Waals surface area contributed by atoms with Gasteiger partial charge in [0.05, 0.1) is 30.0 Å². The van der Waals surface area contributed by atoms with E-state index >= 15 is 0 Å². The van der Waals surface area contributed by atoms with E-state index in [1.807, 2.05) is 32.8 Å². The molecule has 1 fully saturated rings. The van der Waals surface area contributed by atoms with Gasteiger partial charge in [0.1, 0.15) is 11.4 Å². The van der Waals surface area contributed by atoms with Crippen molar-refractivity contribution in [2.24, 2.45) is 0 Å². The van der Waals surface area contributed by atoms with Crippen LogP contribution in [0.2, 0.25) is 0 Å². The van der Waals surface area contributed by atoms with Crippen LogP contribution in [-0.4, -0.2) is 73.2 Å². The number of anilines is 2. The van der Waals surface area contributed by atoms with Crippen molar-refractivity contribution in [3.8, 4) is 0 Å². The van der Waals surface area contributed by atoms with Crippen LogP contribution in [0.1, 0.15) is 29.8 Å². The molecule has 3 rings (SSSR count). The minimum Gasteiger partial charge on any atom is -0.385 e. The molecule has 0 atom stereocenters. The number of likely N-dealkylation sites (N-methyl/N-ethyl adjacent to an activating group) is 1. The summed E-state index contributed by atoms with van der Waals surface area (Å²) in [5.74, 6) is -3.65. The number of nitrogens with zero attached hydrogens (tertiary/aromatic N) is 2. The van der Waals surface area contributed by atoms with E-state index in [0.717, 1.165) is 18.7 Å². The molecule has 1 aliphatic heterocycles. The van der Waals surface area contributed by atoms with Crippen LogP contribution in [0.5, 0.6) is 0 Å². The second-order valence-corrected chi connectivity index (χ2v) is 8.26. The molecule has 0 bridgehead atoms. The van der Waals surface area contributed by atoms with Crippen molar-refractivity contribution in [3.05, 3.63) is 58.9 Å². The van der Waals surface area contributed by atoms with E-state index in [0.29, 0.717) is 18.7 Å². The van der Waals surface area contributed by atoms with Crippen LogP contribution in [0, 0.1) is 24.4 Å². The number of carbonyl (C=O) groups is 1. The first-order chi connectivity index (χ1) is 15.6. The third-order valence-corrected chi connectivity index (χ3v) is 5.16. The molecule has 0 aromatic heterocycles. The largest absolute Gasteiger partial charge is 0.385 e. The Balaban J connectivity index is 0.00000187. The van der Waals surface area contributed by atoms with E-state index in [4.69, 9.17) is 0 Å². The minimum atomic E-state index is -1.27. The first-order valence-electron chi connectivity index (χ1n) is 11.0. The standard InChI is InChI=1S/C22H27F3N4O2.C2H6/c1-14-4-7-18(17(24)10-14)27-20-15(5-6-16(23)19(20)25)21(30)29-12-22(31,13-29)11-26-8-9-28(2)3;1-2/h4-7,10,26-27,31H,8-9,11-13H2,1-3H3;1-2H3. The maximum atomic E-state index is 14.5. The molecule has 0 unspecified atom stereocenters. The number of amides is 1. The second-order valence-electron chi connectivity index (χ2n) is 8.26. The molecular weight excluding hydrogens is 433 g/mol. The van der Waals surface area contributed by atoms with Crippen LogP contribution in [-0.2, 0) is 0 Å². The van der Waals surface area contributed by atoms with Crippen molar-refractivity contribution in [1.82, 2.24) is 15.1 Å². The highest BCUT2D eigenvalue weighted by Gasteiger charge is 2.44. The van der Waals surface area contributed by atoms with Crippen molar-refractivity contribution in [2.45, 2.75) is 26.4 Å². The van der Waals surface area contributed by atoms with Gasteiger partial charge in [-0.2, -0.15) is 0 Å². The van der Waals surface area contributed by atoms with Crippen LogP contribution in [0.25, 0.3) is 0 Å². The zero-order chi connectivity index (χ0) is 24.8. The van der Waals surface area contributed by atoms with E-state index in [1.165, 1.54) is 17.0 Å². The van der Waals surface area contributed by atoms with Gasteiger partial charge in [0.15, 0.2) is 11.6 Å². The molecule has 0 spiro atoms. The fraction of sp³-hybridized carbons (Fsp3) is 0.458. The fourth-order valence-electron chi connectivity index (χ4n) is 3.42. The fourth-order valence-corrected chi connectivity index (χ4v) is 3.42. The molecule has 6 nitrogen and oxygen atoms in total. The molecule has 2 aromatic carbocycles. The smallest absolute Gasteiger partial charge is 0.256 e. The number of aliphatic hydroxyl groups is 1. The van der Waals surface area contributed by atoms with Crippen molar-refractivity contribution >= 4 is 17.3 Å². The lowest BCUT2D eigenvalue weighted by molar-refractivity contribution is -0.0785. The summed E-state index contributed by atoms with van der Waals surface area (Å²) >= 11 is 0. The molecule has 182 valence electrons. The molecule has 1 saturated heterocycles. The Labute approximate surface area is 193 Å². The Bertz CT molecular complexity index is 963. The normalized spacial score (nSPS) is 14.4. The first kappa shape index (κ1) is 26.6. The maximum Gasteiger partial charge on any atom is 0.256 e. The summed E-state index contributed by atoms with van der Waals surface area (Å²) in [7, 11) is 3.88. The van der Waals surface area contributed by atoms with E-state index in [-0.39, 0.29) is 24.3 Å². The predicted octanol–water partition coefficient (Wildman–Crippen LogP) is 3.52. The number of nitrogens with one attached hydrogen (secondary N) is 2. The van der Waals surface area contributed by atoms with Gasteiger partial charge in [0.25, 0.3) is 5.91 Å². The second kappa shape index (κ2) is 11.5. The lowest BCUT2D eigenvalue weighted by Gasteiger charge is -2.46. The first-order valence-corrected chi connectivity index (χ1v) is 11.0. The molecule has 0 aliphatic carbocycles. The average molecular weight is 467 g/mol. The Hall–Kier alpha value is -2.62. The van der Waals surface area contributed by atoms with E-state index in [9.17, 15) is 23.1 Å². The van der Waals surface area contributed by atoms with Gasteiger partial charge in [-0.05, 0) is 50.8 Å². The summed E-state index contributed by atoms with van der Waals surface area (Å²) in [5, 5.41) is 16.2. The number of rotatable bonds is 8. The Morgan fingerprint density at radius 3 is 2.39 bits per heavy atom. The molecule has 1 heterocycles. The maximum absolute atomic E-state index is 14.5. The van der Waals surface area contributed by atoms with Gasteiger partial charge in [-0.15, -0.1) is 0 Å². The number of aryl methyl sites for hydroxylation is 1. The molecule has 3 N–H and O–H groups in total. The highest BCUT2D eigenvalue weighted by molar-refractivity contribution is 6.01.